The lowest BCUT2D eigenvalue weighted by molar-refractivity contribution is -0.415. The van der Waals surface area contributed by atoms with Crippen molar-refractivity contribution in [1.29, 1.82) is 0 Å². The normalized spacial score (nSPS) is 33.6. The summed E-state index contributed by atoms with van der Waals surface area (Å²) in [6.45, 7) is 7.35. The van der Waals surface area contributed by atoms with Crippen molar-refractivity contribution in [2.24, 2.45) is 5.92 Å². The molecule has 24 heavy (non-hydrogen) atoms. The molecule has 1 aliphatic heterocycles. The second-order valence-electron chi connectivity index (χ2n) is 7.50. The number of hydrogen-bond donors (Lipinski definition) is 1. The third kappa shape index (κ3) is 5.99. The van der Waals surface area contributed by atoms with Gasteiger partial charge in [0.05, 0.1) is 12.7 Å². The molecule has 0 spiro atoms. The summed E-state index contributed by atoms with van der Waals surface area (Å²) in [6, 6.07) is -0.508. The zero-order valence-electron chi connectivity index (χ0n) is 15.4. The molecule has 0 aromatic carbocycles. The molecule has 2 fully saturated rings. The van der Waals surface area contributed by atoms with Gasteiger partial charge < -0.3 is 24.7 Å². The molecule has 6 nitrogen and oxygen atoms in total. The summed E-state index contributed by atoms with van der Waals surface area (Å²) < 4.78 is 23.7. The Kier molecular flexibility index (Phi) is 7.94. The van der Waals surface area contributed by atoms with Crippen molar-refractivity contribution in [3.05, 3.63) is 0 Å². The van der Waals surface area contributed by atoms with E-state index in [1.807, 2.05) is 6.92 Å². The molecule has 4 atom stereocenters. The van der Waals surface area contributed by atoms with E-state index in [9.17, 15) is 4.79 Å². The topological polar surface area (TPSA) is 81.6 Å². The third-order valence-electron chi connectivity index (χ3n) is 4.61. The van der Waals surface area contributed by atoms with Crippen LogP contribution in [0.3, 0.4) is 0 Å². The molecule has 0 aromatic rings. The van der Waals surface area contributed by atoms with Gasteiger partial charge in [0.2, 0.25) is 6.04 Å². The Balaban J connectivity index is 2.07. The Bertz CT molecular complexity index is 384. The van der Waals surface area contributed by atoms with Gasteiger partial charge in [0.1, 0.15) is 24.9 Å². The van der Waals surface area contributed by atoms with E-state index in [-0.39, 0.29) is 37.0 Å². The SMILES string of the molecule is CC(C)CO[C@H]1[C@H](C)OC(=O)[C@@H]([NH3+])COC[C@@H]1OC1CCCCC1. The molecule has 3 N–H and O–H groups in total. The van der Waals surface area contributed by atoms with Crippen molar-refractivity contribution >= 4 is 5.97 Å². The quantitative estimate of drug-likeness (QED) is 0.761. The first kappa shape index (κ1) is 19.6. The molecular weight excluding hydrogens is 310 g/mol. The van der Waals surface area contributed by atoms with Crippen LogP contribution in [-0.2, 0) is 23.7 Å². The number of cyclic esters (lactones) is 1. The molecule has 1 saturated carbocycles. The molecule has 140 valence electrons. The Morgan fingerprint density at radius 3 is 2.58 bits per heavy atom. The minimum absolute atomic E-state index is 0.222. The van der Waals surface area contributed by atoms with Crippen LogP contribution in [0.2, 0.25) is 0 Å². The first-order chi connectivity index (χ1) is 11.5. The molecule has 2 aliphatic rings. The number of hydrogen-bond acceptors (Lipinski definition) is 5. The summed E-state index contributed by atoms with van der Waals surface area (Å²) in [7, 11) is 0. The molecule has 6 heteroatoms. The van der Waals surface area contributed by atoms with Gasteiger partial charge in [-0.3, -0.25) is 0 Å². The van der Waals surface area contributed by atoms with E-state index in [0.717, 1.165) is 12.8 Å². The number of esters is 1. The lowest BCUT2D eigenvalue weighted by Crippen LogP contribution is -2.67. The smallest absolute Gasteiger partial charge is 0.367 e. The second kappa shape index (κ2) is 9.70. The number of rotatable bonds is 5. The van der Waals surface area contributed by atoms with Crippen molar-refractivity contribution in [2.75, 3.05) is 19.8 Å². The number of carbonyl (C=O) groups is 1. The van der Waals surface area contributed by atoms with E-state index < -0.39 is 6.04 Å². The fourth-order valence-electron chi connectivity index (χ4n) is 3.25. The highest BCUT2D eigenvalue weighted by Gasteiger charge is 2.37. The Labute approximate surface area is 145 Å². The average Bonchev–Trinajstić information content (AvgIpc) is 2.58. The van der Waals surface area contributed by atoms with E-state index in [4.69, 9.17) is 18.9 Å². The van der Waals surface area contributed by atoms with E-state index >= 15 is 0 Å². The molecule has 0 aromatic heterocycles. The lowest BCUT2D eigenvalue weighted by atomic mass is 9.97. The van der Waals surface area contributed by atoms with Gasteiger partial charge in [-0.15, -0.1) is 0 Å². The molecule has 0 bridgehead atoms. The van der Waals surface area contributed by atoms with Gasteiger partial charge in [-0.1, -0.05) is 33.1 Å². The molecule has 0 unspecified atom stereocenters. The maximum absolute atomic E-state index is 12.0. The van der Waals surface area contributed by atoms with Crippen LogP contribution in [0.5, 0.6) is 0 Å². The predicted octanol–water partition coefficient (Wildman–Crippen LogP) is 1.32. The van der Waals surface area contributed by atoms with Crippen LogP contribution in [0.25, 0.3) is 0 Å². The van der Waals surface area contributed by atoms with E-state index in [2.05, 4.69) is 19.6 Å². The summed E-state index contributed by atoms with van der Waals surface area (Å²) in [5, 5.41) is 0. The molecule has 1 heterocycles. The summed E-state index contributed by atoms with van der Waals surface area (Å²) >= 11 is 0. The molecular formula is C18H34NO5+. The largest absolute Gasteiger partial charge is 0.455 e. The Morgan fingerprint density at radius 2 is 1.92 bits per heavy atom. The highest BCUT2D eigenvalue weighted by molar-refractivity contribution is 5.74. The minimum Gasteiger partial charge on any atom is -0.455 e. The fourth-order valence-corrected chi connectivity index (χ4v) is 3.25. The Hall–Kier alpha value is -0.690. The average molecular weight is 344 g/mol. The zero-order chi connectivity index (χ0) is 17.5. The maximum Gasteiger partial charge on any atom is 0.367 e. The number of carbonyl (C=O) groups excluding carboxylic acids is 1. The third-order valence-corrected chi connectivity index (χ3v) is 4.61. The van der Waals surface area contributed by atoms with Gasteiger partial charge in [-0.05, 0) is 25.7 Å². The first-order valence-corrected chi connectivity index (χ1v) is 9.35. The van der Waals surface area contributed by atoms with Gasteiger partial charge >= 0.3 is 5.97 Å². The van der Waals surface area contributed by atoms with Crippen molar-refractivity contribution in [3.63, 3.8) is 0 Å². The first-order valence-electron chi connectivity index (χ1n) is 9.35. The van der Waals surface area contributed by atoms with E-state index in [1.54, 1.807) is 0 Å². The van der Waals surface area contributed by atoms with Crippen LogP contribution in [0.1, 0.15) is 52.9 Å². The highest BCUT2D eigenvalue weighted by Crippen LogP contribution is 2.25. The number of ether oxygens (including phenoxy) is 4. The second-order valence-corrected chi connectivity index (χ2v) is 7.50. The summed E-state index contributed by atoms with van der Waals surface area (Å²) in [5.74, 6) is 0.0660. The van der Waals surface area contributed by atoms with Crippen molar-refractivity contribution in [2.45, 2.75) is 83.3 Å². The summed E-state index contributed by atoms with van der Waals surface area (Å²) in [6.07, 6.45) is 5.20. The van der Waals surface area contributed by atoms with Crippen molar-refractivity contribution in [1.82, 2.24) is 0 Å². The van der Waals surface area contributed by atoms with Gasteiger partial charge in [0, 0.05) is 6.61 Å². The standard InChI is InChI=1S/C18H33NO5/c1-12(2)9-22-17-13(3)23-18(20)15(19)10-21-11-16(17)24-14-7-5-4-6-8-14/h12-17H,4-11,19H2,1-3H3/p+1/t13-,15-,16-,17-/m0/s1. The van der Waals surface area contributed by atoms with Crippen LogP contribution in [0.4, 0.5) is 0 Å². The van der Waals surface area contributed by atoms with Gasteiger partial charge in [-0.2, -0.15) is 0 Å². The van der Waals surface area contributed by atoms with Crippen LogP contribution in [0.15, 0.2) is 0 Å². The van der Waals surface area contributed by atoms with Crippen LogP contribution >= 0.6 is 0 Å². The van der Waals surface area contributed by atoms with Crippen molar-refractivity contribution in [3.8, 4) is 0 Å². The van der Waals surface area contributed by atoms with Crippen LogP contribution in [-0.4, -0.2) is 56.2 Å². The van der Waals surface area contributed by atoms with E-state index in [1.165, 1.54) is 19.3 Å². The molecule has 1 saturated heterocycles. The van der Waals surface area contributed by atoms with Gasteiger partial charge in [-0.25, -0.2) is 4.79 Å². The fraction of sp³-hybridized carbons (Fsp3) is 0.944. The van der Waals surface area contributed by atoms with E-state index in [0.29, 0.717) is 19.1 Å². The summed E-state index contributed by atoms with van der Waals surface area (Å²) in [5.41, 5.74) is 3.82. The Morgan fingerprint density at radius 1 is 1.21 bits per heavy atom. The minimum atomic E-state index is -0.508. The van der Waals surface area contributed by atoms with Crippen LogP contribution in [0, 0.1) is 5.92 Å². The molecule has 2 rings (SSSR count). The van der Waals surface area contributed by atoms with Crippen LogP contribution < -0.4 is 5.73 Å². The van der Waals surface area contributed by atoms with Crippen molar-refractivity contribution < 1.29 is 29.5 Å². The predicted molar refractivity (Wildman–Crippen MR) is 89.4 cm³/mol. The molecule has 0 radical (unpaired) electrons. The summed E-state index contributed by atoms with van der Waals surface area (Å²) in [4.78, 5) is 12.0. The molecule has 0 amide bonds. The number of quaternary nitrogens is 1. The molecule has 1 aliphatic carbocycles. The highest BCUT2D eigenvalue weighted by atomic mass is 16.6. The lowest BCUT2D eigenvalue weighted by Gasteiger charge is -2.34. The van der Waals surface area contributed by atoms with Gasteiger partial charge in [0.25, 0.3) is 0 Å². The zero-order valence-corrected chi connectivity index (χ0v) is 15.4. The monoisotopic (exact) mass is 344 g/mol. The van der Waals surface area contributed by atoms with Gasteiger partial charge in [0.15, 0.2) is 0 Å². The maximum atomic E-state index is 12.0.